The molecule has 0 bridgehead atoms. The van der Waals surface area contributed by atoms with Gasteiger partial charge in [-0.1, -0.05) is 19.1 Å². The zero-order valence-corrected chi connectivity index (χ0v) is 11.1. The lowest BCUT2D eigenvalue weighted by Crippen LogP contribution is -2.37. The molecule has 0 saturated heterocycles. The van der Waals surface area contributed by atoms with E-state index in [9.17, 15) is 9.59 Å². The van der Waals surface area contributed by atoms with Gasteiger partial charge in [0, 0.05) is 12.1 Å². The van der Waals surface area contributed by atoms with Gasteiger partial charge in [0.2, 0.25) is 0 Å². The van der Waals surface area contributed by atoms with Crippen molar-refractivity contribution in [3.8, 4) is 0 Å². The minimum atomic E-state index is -0.959. The van der Waals surface area contributed by atoms with E-state index in [4.69, 9.17) is 5.11 Å². The average molecular weight is 261 g/mol. The maximum atomic E-state index is 12.3. The maximum Gasteiger partial charge on any atom is 0.323 e. The van der Waals surface area contributed by atoms with Crippen LogP contribution in [0.25, 0.3) is 0 Å². The minimum Gasteiger partial charge on any atom is -0.480 e. The molecule has 0 unspecified atom stereocenters. The fraction of sp³-hybridized carbons (Fsp3) is 0.467. The van der Waals surface area contributed by atoms with Gasteiger partial charge in [0.25, 0.3) is 5.91 Å². The lowest BCUT2D eigenvalue weighted by Gasteiger charge is -2.20. The van der Waals surface area contributed by atoms with Crippen molar-refractivity contribution in [2.75, 3.05) is 13.1 Å². The SMILES string of the molecule is CCc1ccc(C(=O)N(CC(=O)O)CC2CC2)cc1. The number of carbonyl (C=O) groups excluding carboxylic acids is 1. The molecule has 1 saturated carbocycles. The van der Waals surface area contributed by atoms with Crippen molar-refractivity contribution in [3.63, 3.8) is 0 Å². The molecule has 19 heavy (non-hydrogen) atoms. The Morgan fingerprint density at radius 1 is 1.26 bits per heavy atom. The summed E-state index contributed by atoms with van der Waals surface area (Å²) in [5.74, 6) is -0.658. The number of hydrogen-bond donors (Lipinski definition) is 1. The summed E-state index contributed by atoms with van der Waals surface area (Å²) in [5.41, 5.74) is 1.74. The van der Waals surface area contributed by atoms with Gasteiger partial charge in [0.1, 0.15) is 6.54 Å². The number of benzene rings is 1. The minimum absolute atomic E-state index is 0.183. The fourth-order valence-electron chi connectivity index (χ4n) is 2.06. The van der Waals surface area contributed by atoms with Crippen LogP contribution in [0, 0.1) is 5.92 Å². The maximum absolute atomic E-state index is 12.3. The van der Waals surface area contributed by atoms with Gasteiger partial charge >= 0.3 is 5.97 Å². The van der Waals surface area contributed by atoms with Crippen molar-refractivity contribution in [3.05, 3.63) is 35.4 Å². The summed E-state index contributed by atoms with van der Waals surface area (Å²) in [6, 6.07) is 7.40. The van der Waals surface area contributed by atoms with Gasteiger partial charge in [-0.2, -0.15) is 0 Å². The molecule has 1 fully saturated rings. The lowest BCUT2D eigenvalue weighted by atomic mass is 10.1. The van der Waals surface area contributed by atoms with E-state index >= 15 is 0 Å². The highest BCUT2D eigenvalue weighted by Crippen LogP contribution is 2.30. The normalized spacial score (nSPS) is 14.2. The highest BCUT2D eigenvalue weighted by atomic mass is 16.4. The molecule has 2 rings (SSSR count). The quantitative estimate of drug-likeness (QED) is 0.854. The van der Waals surface area contributed by atoms with Crippen molar-refractivity contribution in [1.82, 2.24) is 4.90 Å². The second-order valence-corrected chi connectivity index (χ2v) is 5.07. The van der Waals surface area contributed by atoms with E-state index in [2.05, 4.69) is 6.92 Å². The Bertz CT molecular complexity index is 463. The number of aryl methyl sites for hydroxylation is 1. The molecule has 0 radical (unpaired) electrons. The van der Waals surface area contributed by atoms with Crippen molar-refractivity contribution in [1.29, 1.82) is 0 Å². The van der Waals surface area contributed by atoms with Crippen LogP contribution in [-0.4, -0.2) is 35.0 Å². The predicted molar refractivity (Wildman–Crippen MR) is 72.1 cm³/mol. The molecule has 0 aromatic heterocycles. The molecule has 0 atom stereocenters. The Morgan fingerprint density at radius 2 is 1.89 bits per heavy atom. The molecule has 1 N–H and O–H groups in total. The summed E-state index contributed by atoms with van der Waals surface area (Å²) in [4.78, 5) is 24.6. The number of amides is 1. The molecular weight excluding hydrogens is 242 g/mol. The number of carboxylic acid groups (broad SMARTS) is 1. The summed E-state index contributed by atoms with van der Waals surface area (Å²) < 4.78 is 0. The van der Waals surface area contributed by atoms with Gasteiger partial charge in [0.05, 0.1) is 0 Å². The van der Waals surface area contributed by atoms with E-state index in [1.54, 1.807) is 12.1 Å². The smallest absolute Gasteiger partial charge is 0.323 e. The summed E-state index contributed by atoms with van der Waals surface area (Å²) in [5, 5.41) is 8.90. The zero-order chi connectivity index (χ0) is 13.8. The molecule has 1 aliphatic carbocycles. The van der Waals surface area contributed by atoms with E-state index in [-0.39, 0.29) is 12.5 Å². The number of rotatable bonds is 6. The highest BCUT2D eigenvalue weighted by molar-refractivity contribution is 5.95. The Balaban J connectivity index is 2.09. The van der Waals surface area contributed by atoms with E-state index < -0.39 is 5.97 Å². The standard InChI is InChI=1S/C15H19NO3/c1-2-11-5-7-13(8-6-11)15(19)16(10-14(17)18)9-12-3-4-12/h5-8,12H,2-4,9-10H2,1H3,(H,17,18). The summed E-state index contributed by atoms with van der Waals surface area (Å²) in [7, 11) is 0. The van der Waals surface area contributed by atoms with Crippen molar-refractivity contribution in [2.45, 2.75) is 26.2 Å². The summed E-state index contributed by atoms with van der Waals surface area (Å²) in [6.07, 6.45) is 3.12. The molecule has 0 spiro atoms. The summed E-state index contributed by atoms with van der Waals surface area (Å²) >= 11 is 0. The molecule has 4 heteroatoms. The molecule has 1 aromatic carbocycles. The third-order valence-corrected chi connectivity index (χ3v) is 3.40. The van der Waals surface area contributed by atoms with E-state index in [1.165, 1.54) is 10.5 Å². The first-order valence-corrected chi connectivity index (χ1v) is 6.70. The highest BCUT2D eigenvalue weighted by Gasteiger charge is 2.28. The number of aliphatic carboxylic acids is 1. The van der Waals surface area contributed by atoms with Gasteiger partial charge in [-0.3, -0.25) is 9.59 Å². The van der Waals surface area contributed by atoms with Crippen molar-refractivity contribution >= 4 is 11.9 Å². The zero-order valence-electron chi connectivity index (χ0n) is 11.1. The summed E-state index contributed by atoms with van der Waals surface area (Å²) in [6.45, 7) is 2.40. The van der Waals surface area contributed by atoms with Gasteiger partial charge < -0.3 is 10.0 Å². The first-order chi connectivity index (χ1) is 9.10. The first kappa shape index (κ1) is 13.6. The largest absolute Gasteiger partial charge is 0.480 e. The molecule has 0 heterocycles. The Morgan fingerprint density at radius 3 is 2.37 bits per heavy atom. The number of carboxylic acids is 1. The van der Waals surface area contributed by atoms with E-state index in [1.807, 2.05) is 12.1 Å². The van der Waals surface area contributed by atoms with E-state index in [0.717, 1.165) is 19.3 Å². The third kappa shape index (κ3) is 3.81. The lowest BCUT2D eigenvalue weighted by molar-refractivity contribution is -0.137. The third-order valence-electron chi connectivity index (χ3n) is 3.40. The number of carbonyl (C=O) groups is 2. The van der Waals surface area contributed by atoms with Crippen LogP contribution in [0.5, 0.6) is 0 Å². The molecule has 1 aliphatic rings. The van der Waals surface area contributed by atoms with Crippen LogP contribution in [0.3, 0.4) is 0 Å². The first-order valence-electron chi connectivity index (χ1n) is 6.70. The molecule has 0 aliphatic heterocycles. The van der Waals surface area contributed by atoms with Crippen LogP contribution < -0.4 is 0 Å². The topological polar surface area (TPSA) is 57.6 Å². The molecule has 4 nitrogen and oxygen atoms in total. The van der Waals surface area contributed by atoms with Gasteiger partial charge in [-0.25, -0.2) is 0 Å². The van der Waals surface area contributed by atoms with Crippen LogP contribution in [0.15, 0.2) is 24.3 Å². The fourth-order valence-corrected chi connectivity index (χ4v) is 2.06. The van der Waals surface area contributed by atoms with Crippen molar-refractivity contribution < 1.29 is 14.7 Å². The average Bonchev–Trinajstić information content (AvgIpc) is 3.21. The van der Waals surface area contributed by atoms with Gasteiger partial charge in [0.15, 0.2) is 0 Å². The monoisotopic (exact) mass is 261 g/mol. The van der Waals surface area contributed by atoms with Gasteiger partial charge in [-0.05, 0) is 42.9 Å². The molecule has 1 amide bonds. The van der Waals surface area contributed by atoms with Gasteiger partial charge in [-0.15, -0.1) is 0 Å². The second kappa shape index (κ2) is 5.87. The number of nitrogens with zero attached hydrogens (tertiary/aromatic N) is 1. The van der Waals surface area contributed by atoms with Crippen LogP contribution in [0.2, 0.25) is 0 Å². The molecule has 102 valence electrons. The Kier molecular flexibility index (Phi) is 4.20. The molecular formula is C15H19NO3. The Hall–Kier alpha value is -1.84. The molecule has 1 aromatic rings. The van der Waals surface area contributed by atoms with Crippen LogP contribution >= 0.6 is 0 Å². The Labute approximate surface area is 113 Å². The number of hydrogen-bond acceptors (Lipinski definition) is 2. The van der Waals surface area contributed by atoms with Crippen LogP contribution in [0.1, 0.15) is 35.7 Å². The second-order valence-electron chi connectivity index (χ2n) is 5.07. The van der Waals surface area contributed by atoms with Crippen molar-refractivity contribution in [2.24, 2.45) is 5.92 Å². The van der Waals surface area contributed by atoms with E-state index in [0.29, 0.717) is 18.0 Å². The predicted octanol–water partition coefficient (Wildman–Crippen LogP) is 2.19. The van der Waals surface area contributed by atoms with Crippen LogP contribution in [0.4, 0.5) is 0 Å². The van der Waals surface area contributed by atoms with Crippen LogP contribution in [-0.2, 0) is 11.2 Å².